The third kappa shape index (κ3) is 2.77. The van der Waals surface area contributed by atoms with Crippen LogP contribution in [0.5, 0.6) is 0 Å². The van der Waals surface area contributed by atoms with Gasteiger partial charge >= 0.3 is 23.9 Å². The summed E-state index contributed by atoms with van der Waals surface area (Å²) in [4.78, 5) is 46.3. The van der Waals surface area contributed by atoms with Gasteiger partial charge in [-0.1, -0.05) is 6.42 Å². The number of fused-ring (bicyclic) bond motifs is 2. The maximum atomic E-state index is 11.9. The van der Waals surface area contributed by atoms with Crippen molar-refractivity contribution in [2.24, 2.45) is 16.2 Å². The van der Waals surface area contributed by atoms with E-state index in [-0.39, 0.29) is 38.5 Å². The van der Waals surface area contributed by atoms with Crippen LogP contribution in [-0.4, -0.2) is 44.3 Å². The number of aliphatic carboxylic acids is 4. The zero-order valence-electron chi connectivity index (χ0n) is 12.6. The van der Waals surface area contributed by atoms with Gasteiger partial charge in [0.1, 0.15) is 0 Å². The van der Waals surface area contributed by atoms with Gasteiger partial charge in [0, 0.05) is 6.42 Å². The van der Waals surface area contributed by atoms with E-state index in [9.17, 15) is 34.5 Å². The molecule has 8 nitrogen and oxygen atoms in total. The number of rotatable bonds is 6. The Kier molecular flexibility index (Phi) is 4.13. The first-order valence-electron chi connectivity index (χ1n) is 7.50. The molecule has 0 aromatic heterocycles. The van der Waals surface area contributed by atoms with Crippen LogP contribution >= 0.6 is 0 Å². The first-order valence-corrected chi connectivity index (χ1v) is 7.50. The molecule has 2 unspecified atom stereocenters. The second-order valence-electron chi connectivity index (χ2n) is 7.03. The Morgan fingerprint density at radius 1 is 0.739 bits per heavy atom. The molecule has 0 aromatic carbocycles. The molecule has 2 rings (SSSR count). The van der Waals surface area contributed by atoms with Crippen LogP contribution in [0.15, 0.2) is 0 Å². The Labute approximate surface area is 132 Å². The molecule has 2 bridgehead atoms. The first kappa shape index (κ1) is 17.2. The van der Waals surface area contributed by atoms with Gasteiger partial charge in [-0.25, -0.2) is 0 Å². The highest BCUT2D eigenvalue weighted by atomic mass is 16.4. The number of carboxylic acids is 4. The third-order valence-corrected chi connectivity index (χ3v) is 5.52. The first-order chi connectivity index (χ1) is 10.6. The molecule has 2 aliphatic carbocycles. The van der Waals surface area contributed by atoms with Crippen molar-refractivity contribution in [3.63, 3.8) is 0 Å². The molecular formula is C15H20O8. The van der Waals surface area contributed by atoms with Gasteiger partial charge in [0.05, 0.1) is 16.2 Å². The Balaban J connectivity index is 2.51. The second-order valence-corrected chi connectivity index (χ2v) is 7.03. The van der Waals surface area contributed by atoms with Gasteiger partial charge in [-0.2, -0.15) is 0 Å². The normalized spacial score (nSPS) is 36.2. The summed E-state index contributed by atoms with van der Waals surface area (Å²) in [6.07, 6.45) is -0.363. The van der Waals surface area contributed by atoms with E-state index >= 15 is 0 Å². The molecule has 4 N–H and O–H groups in total. The molecule has 2 fully saturated rings. The molecule has 0 aromatic rings. The average molecular weight is 328 g/mol. The van der Waals surface area contributed by atoms with Crippen LogP contribution in [0.4, 0.5) is 0 Å². The summed E-state index contributed by atoms with van der Waals surface area (Å²) >= 11 is 0. The van der Waals surface area contributed by atoms with Crippen LogP contribution in [0.2, 0.25) is 0 Å². The fourth-order valence-electron chi connectivity index (χ4n) is 4.55. The van der Waals surface area contributed by atoms with E-state index in [1.54, 1.807) is 0 Å². The van der Waals surface area contributed by atoms with Crippen molar-refractivity contribution < 1.29 is 39.6 Å². The number of carboxylic acid groups (broad SMARTS) is 4. The zero-order valence-corrected chi connectivity index (χ0v) is 12.6. The number of hydrogen-bond acceptors (Lipinski definition) is 4. The molecule has 0 saturated heterocycles. The van der Waals surface area contributed by atoms with E-state index in [4.69, 9.17) is 5.11 Å². The lowest BCUT2D eigenvalue weighted by Crippen LogP contribution is -2.57. The van der Waals surface area contributed by atoms with Gasteiger partial charge in [0.25, 0.3) is 0 Å². The Hall–Kier alpha value is -2.12. The van der Waals surface area contributed by atoms with Crippen LogP contribution in [0.1, 0.15) is 51.4 Å². The lowest BCUT2D eigenvalue weighted by molar-refractivity contribution is -0.186. The van der Waals surface area contributed by atoms with Gasteiger partial charge in [0.2, 0.25) is 0 Å². The number of hydrogen-bond donors (Lipinski definition) is 4. The van der Waals surface area contributed by atoms with E-state index in [2.05, 4.69) is 0 Å². The Morgan fingerprint density at radius 3 is 1.57 bits per heavy atom. The van der Waals surface area contributed by atoms with Crippen molar-refractivity contribution in [1.82, 2.24) is 0 Å². The topological polar surface area (TPSA) is 149 Å². The van der Waals surface area contributed by atoms with Crippen molar-refractivity contribution in [2.45, 2.75) is 51.4 Å². The van der Waals surface area contributed by atoms with E-state index in [1.165, 1.54) is 0 Å². The molecule has 2 saturated carbocycles. The maximum absolute atomic E-state index is 11.9. The van der Waals surface area contributed by atoms with Gasteiger partial charge in [0.15, 0.2) is 0 Å². The van der Waals surface area contributed by atoms with Gasteiger partial charge in [-0.3, -0.25) is 19.2 Å². The summed E-state index contributed by atoms with van der Waals surface area (Å²) in [5.41, 5.74) is -4.45. The van der Waals surface area contributed by atoms with Crippen molar-refractivity contribution in [1.29, 1.82) is 0 Å². The summed E-state index contributed by atoms with van der Waals surface area (Å²) in [5, 5.41) is 37.8. The highest BCUT2D eigenvalue weighted by Gasteiger charge is 2.64. The molecule has 0 amide bonds. The molecule has 0 heterocycles. The standard InChI is InChI=1S/C15H20O8/c16-9(17)2-5-15(12(22)23)7-13(10(18)19)3-1-4-14(6-13,8-15)11(20)21/h1-8H2,(H,16,17)(H,18,19)(H,20,21)(H,22,23). The minimum Gasteiger partial charge on any atom is -0.481 e. The largest absolute Gasteiger partial charge is 0.481 e. The molecular weight excluding hydrogens is 308 g/mol. The van der Waals surface area contributed by atoms with Crippen LogP contribution in [0.25, 0.3) is 0 Å². The van der Waals surface area contributed by atoms with Gasteiger partial charge < -0.3 is 20.4 Å². The lowest BCUT2D eigenvalue weighted by atomic mass is 9.47. The predicted octanol–water partition coefficient (Wildman–Crippen LogP) is 1.43. The monoisotopic (exact) mass is 328 g/mol. The van der Waals surface area contributed by atoms with Crippen molar-refractivity contribution in [3.8, 4) is 0 Å². The van der Waals surface area contributed by atoms with E-state index in [0.717, 1.165) is 0 Å². The smallest absolute Gasteiger partial charge is 0.309 e. The molecule has 0 radical (unpaired) electrons. The summed E-state index contributed by atoms with van der Waals surface area (Å²) < 4.78 is 0. The van der Waals surface area contributed by atoms with E-state index in [0.29, 0.717) is 6.42 Å². The average Bonchev–Trinajstić information content (AvgIpc) is 2.44. The van der Waals surface area contributed by atoms with Crippen molar-refractivity contribution >= 4 is 23.9 Å². The number of carbonyl (C=O) groups is 4. The molecule has 2 atom stereocenters. The second kappa shape index (κ2) is 5.50. The minimum atomic E-state index is -1.63. The molecule has 128 valence electrons. The molecule has 0 spiro atoms. The fourth-order valence-corrected chi connectivity index (χ4v) is 4.55. The molecule has 2 aliphatic rings. The highest BCUT2D eigenvalue weighted by molar-refractivity contribution is 5.85. The summed E-state index contributed by atoms with van der Waals surface area (Å²) in [6.45, 7) is 0. The quantitative estimate of drug-likeness (QED) is 0.572. The van der Waals surface area contributed by atoms with Crippen LogP contribution < -0.4 is 0 Å². The van der Waals surface area contributed by atoms with Gasteiger partial charge in [-0.05, 0) is 38.5 Å². The van der Waals surface area contributed by atoms with Gasteiger partial charge in [-0.15, -0.1) is 0 Å². The Morgan fingerprint density at radius 2 is 1.22 bits per heavy atom. The van der Waals surface area contributed by atoms with E-state index < -0.39 is 46.5 Å². The lowest BCUT2D eigenvalue weighted by Gasteiger charge is -2.54. The maximum Gasteiger partial charge on any atom is 0.309 e. The van der Waals surface area contributed by atoms with Crippen LogP contribution in [0, 0.1) is 16.2 Å². The zero-order chi connectivity index (χ0) is 17.5. The Bertz CT molecular complexity index is 538. The minimum absolute atomic E-state index is 0.0905. The SMILES string of the molecule is O=C(O)CCC1(C(=O)O)CC2(C(=O)O)CCCC(C(=O)O)(C2)C1. The summed E-state index contributed by atoms with van der Waals surface area (Å²) in [7, 11) is 0. The van der Waals surface area contributed by atoms with Crippen LogP contribution in [0.3, 0.4) is 0 Å². The highest BCUT2D eigenvalue weighted by Crippen LogP contribution is 2.62. The summed E-state index contributed by atoms with van der Waals surface area (Å²) in [6, 6.07) is 0. The van der Waals surface area contributed by atoms with Crippen LogP contribution in [-0.2, 0) is 19.2 Å². The van der Waals surface area contributed by atoms with Crippen molar-refractivity contribution in [3.05, 3.63) is 0 Å². The summed E-state index contributed by atoms with van der Waals surface area (Å²) in [5.74, 6) is -4.88. The van der Waals surface area contributed by atoms with Crippen molar-refractivity contribution in [2.75, 3.05) is 0 Å². The third-order valence-electron chi connectivity index (χ3n) is 5.52. The molecule has 23 heavy (non-hydrogen) atoms. The fraction of sp³-hybridized carbons (Fsp3) is 0.733. The molecule has 0 aliphatic heterocycles. The molecule has 8 heteroatoms. The predicted molar refractivity (Wildman–Crippen MR) is 74.8 cm³/mol. The van der Waals surface area contributed by atoms with E-state index in [1.807, 2.05) is 0 Å².